The van der Waals surface area contributed by atoms with Crippen molar-refractivity contribution in [1.29, 1.82) is 0 Å². The van der Waals surface area contributed by atoms with Gasteiger partial charge in [0.15, 0.2) is 5.78 Å². The van der Waals surface area contributed by atoms with Crippen LogP contribution in [-0.4, -0.2) is 34.3 Å². The van der Waals surface area contributed by atoms with Crippen molar-refractivity contribution in [2.75, 3.05) is 13.2 Å². The summed E-state index contributed by atoms with van der Waals surface area (Å²) < 4.78 is 22.3. The molecule has 0 radical (unpaired) electrons. The molecule has 2 aromatic rings. The maximum atomic E-state index is 14.5. The van der Waals surface area contributed by atoms with Crippen LogP contribution in [-0.2, 0) is 17.7 Å². The highest BCUT2D eigenvalue weighted by Crippen LogP contribution is 2.30. The molecule has 3 rings (SSSR count). The monoisotopic (exact) mass is 479 g/mol. The normalized spacial score (nSPS) is 14.2. The van der Waals surface area contributed by atoms with Gasteiger partial charge in [-0.05, 0) is 62.8 Å². The number of rotatable bonds is 9. The number of carbonyl (C=O) groups is 1. The number of aliphatic hydroxyl groups is 1. The van der Waals surface area contributed by atoms with Crippen molar-refractivity contribution >= 4 is 21.7 Å². The van der Waals surface area contributed by atoms with Crippen LogP contribution in [0.5, 0.6) is 0 Å². The zero-order valence-corrected chi connectivity index (χ0v) is 19.1. The van der Waals surface area contributed by atoms with E-state index in [4.69, 9.17) is 4.74 Å². The topological polar surface area (TPSA) is 68.5 Å². The van der Waals surface area contributed by atoms with E-state index in [0.717, 1.165) is 12.8 Å². The van der Waals surface area contributed by atoms with Crippen LogP contribution in [0, 0.1) is 18.7 Å². The number of benzene rings is 1. The first-order chi connectivity index (χ1) is 14.1. The smallest absolute Gasteiger partial charge is 0.253 e. The molecule has 0 unspecified atom stereocenters. The van der Waals surface area contributed by atoms with Gasteiger partial charge < -0.3 is 14.4 Å². The highest BCUT2D eigenvalue weighted by molar-refractivity contribution is 9.10. The summed E-state index contributed by atoms with van der Waals surface area (Å²) in [4.78, 5) is 26.0. The van der Waals surface area contributed by atoms with E-state index in [-0.39, 0.29) is 31.0 Å². The SMILES string of the molecule is Cc1c(Cc2ccc(Br)cc2F)c(C(=O)COC(C)(C)CO)cn(CC2CC2)c1=O. The lowest BCUT2D eigenvalue weighted by Crippen LogP contribution is -2.33. The molecule has 0 bridgehead atoms. The van der Waals surface area contributed by atoms with Gasteiger partial charge in [-0.1, -0.05) is 22.0 Å². The van der Waals surface area contributed by atoms with Crippen molar-refractivity contribution in [3.05, 3.63) is 67.3 Å². The average Bonchev–Trinajstić information content (AvgIpc) is 3.51. The molecule has 162 valence electrons. The lowest BCUT2D eigenvalue weighted by atomic mass is 9.94. The molecule has 5 nitrogen and oxygen atoms in total. The third-order valence-electron chi connectivity index (χ3n) is 5.45. The zero-order valence-electron chi connectivity index (χ0n) is 17.5. The van der Waals surface area contributed by atoms with Crippen LogP contribution >= 0.6 is 15.9 Å². The van der Waals surface area contributed by atoms with Crippen LogP contribution in [0.3, 0.4) is 0 Å². The second-order valence-electron chi connectivity index (χ2n) is 8.59. The van der Waals surface area contributed by atoms with Crippen molar-refractivity contribution in [3.8, 4) is 0 Å². The third-order valence-corrected chi connectivity index (χ3v) is 5.95. The summed E-state index contributed by atoms with van der Waals surface area (Å²) in [5.41, 5.74) is 0.733. The number of carbonyl (C=O) groups excluding carboxylic acids is 1. The fourth-order valence-electron chi connectivity index (χ4n) is 3.26. The average molecular weight is 480 g/mol. The van der Waals surface area contributed by atoms with Gasteiger partial charge in [0, 0.05) is 34.8 Å². The first-order valence-electron chi connectivity index (χ1n) is 10.1. The van der Waals surface area contributed by atoms with E-state index < -0.39 is 11.4 Å². The van der Waals surface area contributed by atoms with Gasteiger partial charge in [0.1, 0.15) is 12.4 Å². The molecule has 0 saturated heterocycles. The van der Waals surface area contributed by atoms with Crippen molar-refractivity contribution in [2.45, 2.75) is 52.2 Å². The highest BCUT2D eigenvalue weighted by Gasteiger charge is 2.26. The molecule has 0 atom stereocenters. The van der Waals surface area contributed by atoms with Gasteiger partial charge in [0.2, 0.25) is 0 Å². The lowest BCUT2D eigenvalue weighted by molar-refractivity contribution is -0.0447. The molecule has 1 aromatic carbocycles. The van der Waals surface area contributed by atoms with Gasteiger partial charge >= 0.3 is 0 Å². The van der Waals surface area contributed by atoms with Crippen molar-refractivity contribution in [1.82, 2.24) is 4.57 Å². The number of nitrogens with zero attached hydrogens (tertiary/aromatic N) is 1. The number of Topliss-reactive ketones (excluding diaryl/α,β-unsaturated/α-hetero) is 1. The van der Waals surface area contributed by atoms with E-state index in [1.54, 1.807) is 43.7 Å². The molecule has 1 N–H and O–H groups in total. The molecule has 0 amide bonds. The predicted octanol–water partition coefficient (Wildman–Crippen LogP) is 4.03. The first-order valence-corrected chi connectivity index (χ1v) is 10.9. The Labute approximate surface area is 184 Å². The van der Waals surface area contributed by atoms with Crippen molar-refractivity contribution < 1.29 is 19.0 Å². The largest absolute Gasteiger partial charge is 0.393 e. The second kappa shape index (κ2) is 9.12. The Morgan fingerprint density at radius 2 is 2.07 bits per heavy atom. The minimum absolute atomic E-state index is 0.134. The van der Waals surface area contributed by atoms with Crippen molar-refractivity contribution in [2.24, 2.45) is 5.92 Å². The summed E-state index contributed by atoms with van der Waals surface area (Å²) in [6.07, 6.45) is 3.88. The summed E-state index contributed by atoms with van der Waals surface area (Å²) in [5.74, 6) is -0.233. The third kappa shape index (κ3) is 5.45. The number of ketones is 1. The van der Waals surface area contributed by atoms with E-state index in [1.165, 1.54) is 6.07 Å². The summed E-state index contributed by atoms with van der Waals surface area (Å²) in [6.45, 7) is 5.19. The predicted molar refractivity (Wildman–Crippen MR) is 117 cm³/mol. The summed E-state index contributed by atoms with van der Waals surface area (Å²) in [7, 11) is 0. The van der Waals surface area contributed by atoms with E-state index in [0.29, 0.717) is 39.2 Å². The first kappa shape index (κ1) is 22.8. The Hall–Kier alpha value is -1.83. The Bertz CT molecular complexity index is 1010. The molecule has 1 saturated carbocycles. The molecule has 1 fully saturated rings. The standard InChI is InChI=1S/C23H27BrFNO4/c1-14-18(8-16-6-7-17(24)9-20(16)25)19(21(28)12-30-23(2,3)13-27)11-26(22(14)29)10-15-4-5-15/h6-7,9,11,15,27H,4-5,8,10,12-13H2,1-3H3. The maximum absolute atomic E-state index is 14.5. The van der Waals surface area contributed by atoms with Gasteiger partial charge in [-0.25, -0.2) is 4.39 Å². The van der Waals surface area contributed by atoms with E-state index in [1.807, 2.05) is 0 Å². The maximum Gasteiger partial charge on any atom is 0.253 e. The Morgan fingerprint density at radius 3 is 2.67 bits per heavy atom. The fourth-order valence-corrected chi connectivity index (χ4v) is 3.59. The van der Waals surface area contributed by atoms with Gasteiger partial charge in [-0.3, -0.25) is 9.59 Å². The number of ether oxygens (including phenoxy) is 1. The molecular formula is C23H27BrFNO4. The molecule has 1 aliphatic carbocycles. The van der Waals surface area contributed by atoms with E-state index in [9.17, 15) is 19.1 Å². The van der Waals surface area contributed by atoms with Crippen LogP contribution in [0.15, 0.2) is 33.7 Å². The number of aliphatic hydroxyl groups excluding tert-OH is 1. The van der Waals surface area contributed by atoms with Crippen LogP contribution in [0.1, 0.15) is 53.7 Å². The molecule has 0 spiro atoms. The van der Waals surface area contributed by atoms with Crippen molar-refractivity contribution in [3.63, 3.8) is 0 Å². The molecule has 1 aromatic heterocycles. The molecule has 1 aliphatic rings. The minimum atomic E-state index is -0.856. The Morgan fingerprint density at radius 1 is 1.37 bits per heavy atom. The van der Waals surface area contributed by atoms with Crippen LogP contribution in [0.25, 0.3) is 0 Å². The highest BCUT2D eigenvalue weighted by atomic mass is 79.9. The van der Waals surface area contributed by atoms with Crippen LogP contribution in [0.4, 0.5) is 4.39 Å². The molecule has 7 heteroatoms. The van der Waals surface area contributed by atoms with E-state index in [2.05, 4.69) is 15.9 Å². The zero-order chi connectivity index (χ0) is 22.1. The quantitative estimate of drug-likeness (QED) is 0.551. The minimum Gasteiger partial charge on any atom is -0.393 e. The molecule has 0 aliphatic heterocycles. The summed E-state index contributed by atoms with van der Waals surface area (Å²) in [5, 5.41) is 9.38. The van der Waals surface area contributed by atoms with Gasteiger partial charge in [-0.15, -0.1) is 0 Å². The lowest BCUT2D eigenvalue weighted by Gasteiger charge is -2.23. The number of halogens is 2. The molecule has 1 heterocycles. The molecular weight excluding hydrogens is 453 g/mol. The number of pyridine rings is 1. The number of hydrogen-bond acceptors (Lipinski definition) is 4. The number of aromatic nitrogens is 1. The van der Waals surface area contributed by atoms with E-state index >= 15 is 0 Å². The fraction of sp³-hybridized carbons (Fsp3) is 0.478. The van der Waals surface area contributed by atoms with Gasteiger partial charge in [0.25, 0.3) is 5.56 Å². The van der Waals surface area contributed by atoms with Gasteiger partial charge in [-0.2, -0.15) is 0 Å². The van der Waals surface area contributed by atoms with Crippen LogP contribution in [0.2, 0.25) is 0 Å². The van der Waals surface area contributed by atoms with Crippen LogP contribution < -0.4 is 5.56 Å². The van der Waals surface area contributed by atoms with Gasteiger partial charge in [0.05, 0.1) is 12.2 Å². The Kier molecular flexibility index (Phi) is 6.95. The summed E-state index contributed by atoms with van der Waals surface area (Å²) in [6, 6.07) is 4.75. The molecule has 30 heavy (non-hydrogen) atoms. The Balaban J connectivity index is 2.01. The summed E-state index contributed by atoms with van der Waals surface area (Å²) >= 11 is 3.25. The second-order valence-corrected chi connectivity index (χ2v) is 9.51. The number of hydrogen-bond donors (Lipinski definition) is 1.